The van der Waals surface area contributed by atoms with Gasteiger partial charge in [0.2, 0.25) is 0 Å². The summed E-state index contributed by atoms with van der Waals surface area (Å²) in [6, 6.07) is 0. The van der Waals surface area contributed by atoms with Crippen LogP contribution in [0.1, 0.15) is 48.8 Å². The quantitative estimate of drug-likeness (QED) is 0.601. The summed E-state index contributed by atoms with van der Waals surface area (Å²) in [6.45, 7) is 1.88. The number of primary amides is 1. The van der Waals surface area contributed by atoms with Crippen LogP contribution < -0.4 is 11.2 Å². The van der Waals surface area contributed by atoms with Gasteiger partial charge in [-0.05, 0) is 42.4 Å². The fourth-order valence-corrected chi connectivity index (χ4v) is 4.61. The molecule has 3 aliphatic rings. The summed E-state index contributed by atoms with van der Waals surface area (Å²) in [5.41, 5.74) is 5.82. The van der Waals surface area contributed by atoms with E-state index in [2.05, 4.69) is 4.98 Å². The van der Waals surface area contributed by atoms with E-state index in [4.69, 9.17) is 11.1 Å². The number of amides is 1. The van der Waals surface area contributed by atoms with Crippen molar-refractivity contribution >= 4 is 11.6 Å². The molecular formula is C24H23F5N4O. The number of nitrogens with zero attached hydrogens (tertiary/aromatic N) is 2. The maximum atomic E-state index is 15.1. The third-order valence-electron chi connectivity index (χ3n) is 6.33. The molecule has 0 radical (unpaired) electrons. The van der Waals surface area contributed by atoms with E-state index < -0.39 is 29.7 Å². The van der Waals surface area contributed by atoms with Crippen molar-refractivity contribution in [3.8, 4) is 0 Å². The van der Waals surface area contributed by atoms with Crippen LogP contribution in [0.4, 0.5) is 22.0 Å². The molecule has 10 heteroatoms. The molecule has 2 heterocycles. The summed E-state index contributed by atoms with van der Waals surface area (Å²) in [6.07, 6.45) is 0.761. The Balaban J connectivity index is 2.02. The van der Waals surface area contributed by atoms with Crippen LogP contribution in [0.5, 0.6) is 0 Å². The van der Waals surface area contributed by atoms with Crippen LogP contribution in [0.25, 0.3) is 5.70 Å². The maximum absolute atomic E-state index is 15.1. The second-order valence-electron chi connectivity index (χ2n) is 8.62. The fraction of sp³-hybridized carbons (Fsp3) is 0.375. The molecule has 0 aromatic carbocycles. The van der Waals surface area contributed by atoms with Crippen LogP contribution in [-0.4, -0.2) is 27.8 Å². The van der Waals surface area contributed by atoms with E-state index in [0.29, 0.717) is 29.8 Å². The number of rotatable bonds is 3. The summed E-state index contributed by atoms with van der Waals surface area (Å²) in [5, 5.41) is 8.05. The van der Waals surface area contributed by atoms with Gasteiger partial charge in [-0.25, -0.2) is 13.8 Å². The largest absolute Gasteiger partial charge is 0.412 e. The minimum absolute atomic E-state index is 0.0744. The number of nitrogens with one attached hydrogen (secondary N) is 1. The van der Waals surface area contributed by atoms with Crippen LogP contribution >= 0.6 is 0 Å². The number of alkyl halides is 4. The van der Waals surface area contributed by atoms with Gasteiger partial charge in [0.15, 0.2) is 5.49 Å². The third kappa shape index (κ3) is 4.41. The molecule has 0 fully saturated rings. The van der Waals surface area contributed by atoms with Crippen LogP contribution in [0.3, 0.4) is 0 Å². The lowest BCUT2D eigenvalue weighted by Gasteiger charge is -2.27. The summed E-state index contributed by atoms with van der Waals surface area (Å²) < 4.78 is 70.0. The normalized spacial score (nSPS) is 23.4. The molecule has 2 atom stereocenters. The minimum Gasteiger partial charge on any atom is -0.365 e. The first-order valence-electron chi connectivity index (χ1n) is 10.9. The zero-order chi connectivity index (χ0) is 24.8. The Morgan fingerprint density at radius 2 is 1.97 bits per heavy atom. The van der Waals surface area contributed by atoms with Gasteiger partial charge in [-0.2, -0.15) is 13.2 Å². The maximum Gasteiger partial charge on any atom is 0.412 e. The molecule has 3 N–H and O–H groups in total. The Morgan fingerprint density at radius 1 is 1.24 bits per heavy atom. The topological polar surface area (TPSA) is 84.8 Å². The number of carbonyl (C=O) groups excluding carboxylic acids is 1. The number of nitrogens with two attached hydrogens (primary N) is 1. The molecule has 1 aromatic rings. The molecule has 2 aliphatic carbocycles. The van der Waals surface area contributed by atoms with Crippen molar-refractivity contribution < 1.29 is 26.7 Å². The number of halogens is 5. The molecule has 4 rings (SSSR count). The van der Waals surface area contributed by atoms with Crippen molar-refractivity contribution in [2.24, 2.45) is 11.7 Å². The van der Waals surface area contributed by atoms with Gasteiger partial charge in [-0.3, -0.25) is 10.2 Å². The number of aryl methyl sites for hydroxylation is 1. The van der Waals surface area contributed by atoms with E-state index in [1.165, 1.54) is 22.9 Å². The number of aromatic nitrogens is 2. The highest BCUT2D eigenvalue weighted by atomic mass is 19.4. The van der Waals surface area contributed by atoms with Gasteiger partial charge >= 0.3 is 6.18 Å². The standard InChI is InChI=1S/C24H23F5N4O/c1-12-2-9-19-32-22(30)17(23(31)34)11-33(19)21(16-8-7-15(25)10-18(16)26)20(12)13-3-5-14(6-4-13)24(27,28)29/h3,5,8,10-12,15,30H,2,4,6-7,9H2,1H3,(H2,31,34). The smallest absolute Gasteiger partial charge is 0.365 e. The van der Waals surface area contributed by atoms with E-state index in [1.54, 1.807) is 0 Å². The lowest BCUT2D eigenvalue weighted by atomic mass is 9.82. The number of fused-ring (bicyclic) bond motifs is 1. The summed E-state index contributed by atoms with van der Waals surface area (Å²) in [4.78, 5) is 16.1. The predicted molar refractivity (Wildman–Crippen MR) is 116 cm³/mol. The zero-order valence-corrected chi connectivity index (χ0v) is 18.3. The minimum atomic E-state index is -4.43. The Hall–Kier alpha value is -3.30. The van der Waals surface area contributed by atoms with Gasteiger partial charge in [0.1, 0.15) is 17.8 Å². The Kier molecular flexibility index (Phi) is 6.18. The SMILES string of the molecule is CC1CCc2nc(=N)c(C(N)=O)cn2C(C2=CCC(F)C=C2F)=C1C1=CC=C(C(F)(F)F)CC1. The molecule has 5 nitrogen and oxygen atoms in total. The molecular weight excluding hydrogens is 455 g/mol. The predicted octanol–water partition coefficient (Wildman–Crippen LogP) is 4.99. The molecule has 180 valence electrons. The van der Waals surface area contributed by atoms with Gasteiger partial charge < -0.3 is 10.3 Å². The number of hydrogen-bond acceptors (Lipinski definition) is 3. The Labute approximate surface area is 192 Å². The number of carbonyl (C=O) groups is 1. The average molecular weight is 478 g/mol. The lowest BCUT2D eigenvalue weighted by molar-refractivity contribution is -0.0941. The van der Waals surface area contributed by atoms with Crippen LogP contribution in [0, 0.1) is 11.3 Å². The Morgan fingerprint density at radius 3 is 2.56 bits per heavy atom. The monoisotopic (exact) mass is 478 g/mol. The van der Waals surface area contributed by atoms with E-state index in [9.17, 15) is 22.4 Å². The van der Waals surface area contributed by atoms with E-state index in [1.807, 2.05) is 6.92 Å². The first-order chi connectivity index (χ1) is 16.0. The molecule has 34 heavy (non-hydrogen) atoms. The molecule has 0 spiro atoms. The molecule has 1 aromatic heterocycles. The Bertz CT molecular complexity index is 1260. The highest BCUT2D eigenvalue weighted by molar-refractivity contribution is 5.92. The summed E-state index contributed by atoms with van der Waals surface area (Å²) in [7, 11) is 0. The van der Waals surface area contributed by atoms with Gasteiger partial charge in [-0.1, -0.05) is 25.2 Å². The van der Waals surface area contributed by atoms with Crippen LogP contribution in [0.2, 0.25) is 0 Å². The second kappa shape index (κ2) is 8.81. The summed E-state index contributed by atoms with van der Waals surface area (Å²) >= 11 is 0. The number of allylic oxidation sites excluding steroid dienone is 10. The van der Waals surface area contributed by atoms with Gasteiger partial charge in [0, 0.05) is 30.2 Å². The third-order valence-corrected chi connectivity index (χ3v) is 6.33. The van der Waals surface area contributed by atoms with Crippen LogP contribution in [0.15, 0.2) is 58.6 Å². The molecule has 2 unspecified atom stereocenters. The van der Waals surface area contributed by atoms with E-state index in [0.717, 1.165) is 12.2 Å². The summed E-state index contributed by atoms with van der Waals surface area (Å²) in [5.74, 6) is -1.53. The van der Waals surface area contributed by atoms with Crippen molar-refractivity contribution in [2.75, 3.05) is 0 Å². The van der Waals surface area contributed by atoms with Crippen LogP contribution in [-0.2, 0) is 6.42 Å². The zero-order valence-electron chi connectivity index (χ0n) is 18.3. The molecule has 0 saturated heterocycles. The highest BCUT2D eigenvalue weighted by Crippen LogP contribution is 2.44. The number of hydrogen-bond donors (Lipinski definition) is 2. The van der Waals surface area contributed by atoms with Crippen molar-refractivity contribution in [3.63, 3.8) is 0 Å². The first kappa shape index (κ1) is 23.8. The second-order valence-corrected chi connectivity index (χ2v) is 8.62. The van der Waals surface area contributed by atoms with Gasteiger partial charge in [-0.15, -0.1) is 0 Å². The van der Waals surface area contributed by atoms with E-state index >= 15 is 4.39 Å². The van der Waals surface area contributed by atoms with Crippen molar-refractivity contribution in [2.45, 2.75) is 51.4 Å². The van der Waals surface area contributed by atoms with Crippen molar-refractivity contribution in [1.82, 2.24) is 9.55 Å². The average Bonchev–Trinajstić information content (AvgIpc) is 2.89. The molecule has 0 bridgehead atoms. The first-order valence-corrected chi connectivity index (χ1v) is 10.9. The molecule has 1 amide bonds. The molecule has 0 saturated carbocycles. The molecule has 1 aliphatic heterocycles. The van der Waals surface area contributed by atoms with Crippen molar-refractivity contribution in [3.05, 3.63) is 75.5 Å². The van der Waals surface area contributed by atoms with E-state index in [-0.39, 0.29) is 47.5 Å². The van der Waals surface area contributed by atoms with Gasteiger partial charge in [0.25, 0.3) is 5.91 Å². The highest BCUT2D eigenvalue weighted by Gasteiger charge is 2.36. The van der Waals surface area contributed by atoms with Crippen molar-refractivity contribution in [1.29, 1.82) is 5.41 Å². The van der Waals surface area contributed by atoms with Gasteiger partial charge in [0.05, 0.1) is 11.3 Å². The fourth-order valence-electron chi connectivity index (χ4n) is 4.61. The lowest BCUT2D eigenvalue weighted by Crippen LogP contribution is -2.28.